The molecule has 0 saturated heterocycles. The van der Waals surface area contributed by atoms with Gasteiger partial charge in [-0.15, -0.1) is 0 Å². The van der Waals surface area contributed by atoms with Crippen molar-refractivity contribution in [1.82, 2.24) is 9.99 Å². The van der Waals surface area contributed by atoms with E-state index in [2.05, 4.69) is 37.7 Å². The van der Waals surface area contributed by atoms with Crippen molar-refractivity contribution in [3.63, 3.8) is 0 Å². The highest BCUT2D eigenvalue weighted by Gasteiger charge is 2.27. The quantitative estimate of drug-likeness (QED) is 0.310. The average molecular weight is 457 g/mol. The predicted octanol–water partition coefficient (Wildman–Crippen LogP) is 3.65. The second kappa shape index (κ2) is 16.4. The molecule has 0 spiro atoms. The first-order valence-corrected chi connectivity index (χ1v) is 12.3. The van der Waals surface area contributed by atoms with Crippen molar-refractivity contribution in [3.8, 4) is 0 Å². The Morgan fingerprint density at radius 1 is 0.893 bits per heavy atom. The Balaban J connectivity index is 4.33. The van der Waals surface area contributed by atoms with Crippen LogP contribution in [0.5, 0.6) is 0 Å². The van der Waals surface area contributed by atoms with E-state index in [-0.39, 0.29) is 42.1 Å². The second-order valence-corrected chi connectivity index (χ2v) is 10.2. The van der Waals surface area contributed by atoms with Crippen molar-refractivity contribution in [2.75, 3.05) is 37.9 Å². The van der Waals surface area contributed by atoms with E-state index >= 15 is 0 Å². The van der Waals surface area contributed by atoms with Gasteiger partial charge in [-0.05, 0) is 27.7 Å². The van der Waals surface area contributed by atoms with Gasteiger partial charge in [0.1, 0.15) is 6.61 Å². The van der Waals surface area contributed by atoms with Gasteiger partial charge in [-0.25, -0.2) is 9.46 Å². The molecule has 0 heterocycles. The maximum Gasteiger partial charge on any atom is 0.407 e. The molecular weight excluding hydrogens is 423 g/mol. The van der Waals surface area contributed by atoms with Crippen LogP contribution in [0.2, 0.25) is 0 Å². The zero-order valence-corrected chi connectivity index (χ0v) is 20.1. The number of amides is 1. The third-order valence-corrected chi connectivity index (χ3v) is 6.69. The van der Waals surface area contributed by atoms with Crippen LogP contribution >= 0.6 is 32.0 Å². The first kappa shape index (κ1) is 27.6. The van der Waals surface area contributed by atoms with Crippen molar-refractivity contribution in [2.24, 2.45) is 0 Å². The number of carbonyl (C=O) groups is 3. The number of nitrogens with zero attached hydrogens (tertiary/aromatic N) is 1. The molecule has 1 N–H and O–H groups in total. The Labute approximate surface area is 178 Å². The third kappa shape index (κ3) is 14.6. The molecular formula is C17H33N2O6PS2. The van der Waals surface area contributed by atoms with Crippen molar-refractivity contribution < 1.29 is 28.2 Å². The summed E-state index contributed by atoms with van der Waals surface area (Å²) in [6.07, 6.45) is -0.541. The molecule has 0 radical (unpaired) electrons. The van der Waals surface area contributed by atoms with Crippen LogP contribution in [0.25, 0.3) is 0 Å². The minimum absolute atomic E-state index is 0.00711. The Bertz CT molecular complexity index is 475. The molecule has 8 nitrogen and oxygen atoms in total. The number of rotatable bonds is 14. The summed E-state index contributed by atoms with van der Waals surface area (Å²) in [5, 5.41) is 2.66. The Hall–Kier alpha value is -0.380. The highest BCUT2D eigenvalue weighted by molar-refractivity contribution is 8.13. The van der Waals surface area contributed by atoms with E-state index in [0.29, 0.717) is 18.1 Å². The molecule has 0 aliphatic carbocycles. The fourth-order valence-corrected chi connectivity index (χ4v) is 4.71. The fraction of sp³-hybridized carbons (Fsp3) is 0.824. The minimum Gasteiger partial charge on any atom is -0.449 e. The first-order valence-electron chi connectivity index (χ1n) is 9.16. The van der Waals surface area contributed by atoms with E-state index in [9.17, 15) is 14.4 Å². The van der Waals surface area contributed by atoms with Crippen LogP contribution in [0.15, 0.2) is 0 Å². The van der Waals surface area contributed by atoms with Gasteiger partial charge in [0.2, 0.25) is 0 Å². The molecule has 1 amide bonds. The van der Waals surface area contributed by atoms with Gasteiger partial charge in [-0.2, -0.15) is 0 Å². The number of hydrogen-bond donors (Lipinski definition) is 1. The van der Waals surface area contributed by atoms with Crippen molar-refractivity contribution >= 4 is 48.4 Å². The largest absolute Gasteiger partial charge is 0.449 e. The summed E-state index contributed by atoms with van der Waals surface area (Å²) in [5.41, 5.74) is 0. The van der Waals surface area contributed by atoms with Crippen LogP contribution < -0.4 is 5.32 Å². The summed E-state index contributed by atoms with van der Waals surface area (Å²) in [7, 11) is -1.31. The molecule has 0 aromatic carbocycles. The highest BCUT2D eigenvalue weighted by Crippen LogP contribution is 2.45. The lowest BCUT2D eigenvalue weighted by Crippen LogP contribution is -2.35. The average Bonchev–Trinajstić information content (AvgIpc) is 2.57. The SMILES string of the molecule is CC(=O)SCCOC(=O)NCCOP(OCCSC(C)=O)N(C(C)C)C(C)C. The molecule has 0 saturated carbocycles. The number of carbonyl (C=O) groups excluding carboxylic acids is 3. The summed E-state index contributed by atoms with van der Waals surface area (Å²) in [6, 6.07) is 0.451. The predicted molar refractivity (Wildman–Crippen MR) is 117 cm³/mol. The van der Waals surface area contributed by atoms with Crippen LogP contribution in [0.3, 0.4) is 0 Å². The van der Waals surface area contributed by atoms with Crippen LogP contribution in [-0.4, -0.2) is 70.9 Å². The van der Waals surface area contributed by atoms with Crippen molar-refractivity contribution in [1.29, 1.82) is 0 Å². The number of hydrogen-bond acceptors (Lipinski definition) is 9. The molecule has 1 atom stereocenters. The van der Waals surface area contributed by atoms with Crippen LogP contribution in [0, 0.1) is 0 Å². The molecule has 28 heavy (non-hydrogen) atoms. The minimum atomic E-state index is -1.31. The molecule has 0 aliphatic heterocycles. The van der Waals surface area contributed by atoms with Gasteiger partial charge in [0, 0.05) is 44.0 Å². The van der Waals surface area contributed by atoms with E-state index in [4.69, 9.17) is 13.8 Å². The molecule has 11 heteroatoms. The lowest BCUT2D eigenvalue weighted by atomic mass is 10.3. The molecule has 1 unspecified atom stereocenters. The summed E-state index contributed by atoms with van der Waals surface area (Å²) >= 11 is 2.34. The van der Waals surface area contributed by atoms with Crippen LogP contribution in [0.4, 0.5) is 4.79 Å². The molecule has 0 aromatic heterocycles. The van der Waals surface area contributed by atoms with Crippen LogP contribution in [-0.2, 0) is 23.4 Å². The monoisotopic (exact) mass is 456 g/mol. The van der Waals surface area contributed by atoms with Crippen LogP contribution in [0.1, 0.15) is 41.5 Å². The number of alkyl carbamates (subject to hydrolysis) is 1. The number of nitrogens with one attached hydrogen (secondary N) is 1. The molecule has 164 valence electrons. The molecule has 0 aromatic rings. The third-order valence-electron chi connectivity index (χ3n) is 3.03. The fourth-order valence-electron chi connectivity index (χ4n) is 2.09. The summed E-state index contributed by atoms with van der Waals surface area (Å²) in [5.74, 6) is 1.01. The Morgan fingerprint density at radius 3 is 1.89 bits per heavy atom. The summed E-state index contributed by atoms with van der Waals surface area (Å²) in [4.78, 5) is 33.4. The van der Waals surface area contributed by atoms with Gasteiger partial charge in [0.15, 0.2) is 10.2 Å². The number of ether oxygens (including phenoxy) is 1. The standard InChI is InChI=1S/C17H33N2O6PS2/c1-13(2)19(14(3)4)26(25-10-12-28-16(6)21)24-8-7-18-17(22)23-9-11-27-15(5)20/h13-14H,7-12H2,1-6H3,(H,18,22). The molecule has 0 fully saturated rings. The first-order chi connectivity index (χ1) is 13.1. The van der Waals surface area contributed by atoms with E-state index in [1.54, 1.807) is 0 Å². The van der Waals surface area contributed by atoms with E-state index in [1.165, 1.54) is 25.6 Å². The van der Waals surface area contributed by atoms with Gasteiger partial charge in [0.05, 0.1) is 13.2 Å². The van der Waals surface area contributed by atoms with E-state index in [1.807, 2.05) is 0 Å². The van der Waals surface area contributed by atoms with Gasteiger partial charge in [-0.3, -0.25) is 9.59 Å². The van der Waals surface area contributed by atoms with Gasteiger partial charge < -0.3 is 19.1 Å². The van der Waals surface area contributed by atoms with E-state index in [0.717, 1.165) is 11.8 Å². The normalized spacial score (nSPS) is 12.5. The Morgan fingerprint density at radius 2 is 1.39 bits per heavy atom. The second-order valence-electron chi connectivity index (χ2n) is 6.21. The molecule has 0 rings (SSSR count). The zero-order chi connectivity index (χ0) is 21.5. The van der Waals surface area contributed by atoms with Crippen molar-refractivity contribution in [3.05, 3.63) is 0 Å². The maximum absolute atomic E-state index is 11.6. The van der Waals surface area contributed by atoms with E-state index < -0.39 is 14.6 Å². The maximum atomic E-state index is 11.6. The molecule has 0 aliphatic rings. The van der Waals surface area contributed by atoms with Gasteiger partial charge in [0.25, 0.3) is 8.53 Å². The lowest BCUT2D eigenvalue weighted by Gasteiger charge is -2.35. The topological polar surface area (TPSA) is 94.2 Å². The molecule has 0 bridgehead atoms. The summed E-state index contributed by atoms with van der Waals surface area (Å²) in [6.45, 7) is 12.4. The van der Waals surface area contributed by atoms with Gasteiger partial charge in [-0.1, -0.05) is 23.5 Å². The smallest absolute Gasteiger partial charge is 0.407 e. The number of thioether (sulfide) groups is 2. The van der Waals surface area contributed by atoms with Gasteiger partial charge >= 0.3 is 6.09 Å². The summed E-state index contributed by atoms with van der Waals surface area (Å²) < 4.78 is 18.9. The highest BCUT2D eigenvalue weighted by atomic mass is 32.2. The Kier molecular flexibility index (Phi) is 16.2. The lowest BCUT2D eigenvalue weighted by molar-refractivity contribution is -0.109. The van der Waals surface area contributed by atoms with Crippen molar-refractivity contribution in [2.45, 2.75) is 53.6 Å². The zero-order valence-electron chi connectivity index (χ0n) is 17.6.